The van der Waals surface area contributed by atoms with Gasteiger partial charge in [-0.25, -0.2) is 9.57 Å². The Bertz CT molecular complexity index is 1540. The van der Waals surface area contributed by atoms with Gasteiger partial charge in [0.15, 0.2) is 5.96 Å². The monoisotopic (exact) mass is 577 g/mol. The predicted octanol–water partition coefficient (Wildman–Crippen LogP) is -1.44. The molecule has 4 atom stereocenters. The van der Waals surface area contributed by atoms with E-state index in [2.05, 4.69) is 40.1 Å². The molecule has 13 nitrogen and oxygen atoms in total. The number of ether oxygens (including phenoxy) is 1. The van der Waals surface area contributed by atoms with Gasteiger partial charge in [0.1, 0.15) is 23.9 Å². The molecule has 0 aromatic heterocycles. The highest BCUT2D eigenvalue weighted by molar-refractivity contribution is 5.98. The number of aliphatic hydroxyl groups is 2. The summed E-state index contributed by atoms with van der Waals surface area (Å²) in [5.74, 6) is -2.82. The third kappa shape index (κ3) is 4.14. The number of benzene rings is 2. The molecule has 10 N–H and O–H groups in total. The van der Waals surface area contributed by atoms with Crippen LogP contribution in [0.4, 0.5) is 0 Å². The Morgan fingerprint density at radius 1 is 1.17 bits per heavy atom. The number of aryl methyl sites for hydroxylation is 1. The van der Waals surface area contributed by atoms with E-state index in [1.54, 1.807) is 30.3 Å². The zero-order chi connectivity index (χ0) is 30.0. The van der Waals surface area contributed by atoms with E-state index >= 15 is 0 Å². The molecule has 6 rings (SSSR count). The minimum Gasteiger partial charge on any atom is -0.492 e. The fourth-order valence-corrected chi connectivity index (χ4v) is 6.60. The Morgan fingerprint density at radius 3 is 2.69 bits per heavy atom. The van der Waals surface area contributed by atoms with Gasteiger partial charge >= 0.3 is 5.96 Å². The van der Waals surface area contributed by atoms with Crippen molar-refractivity contribution < 1.29 is 29.1 Å². The first kappa shape index (κ1) is 27.8. The van der Waals surface area contributed by atoms with Crippen LogP contribution in [0.3, 0.4) is 0 Å². The predicted molar refractivity (Wildman–Crippen MR) is 154 cm³/mol. The molecular formula is C29H37N8O5+. The van der Waals surface area contributed by atoms with Crippen molar-refractivity contribution in [3.05, 3.63) is 64.7 Å². The van der Waals surface area contributed by atoms with Crippen LogP contribution in [0.25, 0.3) is 0 Å². The van der Waals surface area contributed by atoms with E-state index in [4.69, 9.17) is 16.2 Å². The van der Waals surface area contributed by atoms with Crippen LogP contribution in [0.5, 0.6) is 5.75 Å². The van der Waals surface area contributed by atoms with Gasteiger partial charge in [0.05, 0.1) is 25.3 Å². The first-order valence-electron chi connectivity index (χ1n) is 14.0. The maximum Gasteiger partial charge on any atom is 0.346 e. The van der Waals surface area contributed by atoms with Crippen LogP contribution < -0.4 is 37.5 Å². The number of hydrogen-bond donors (Lipinski definition) is 8. The molecule has 42 heavy (non-hydrogen) atoms. The molecule has 0 aliphatic carbocycles. The molecule has 1 saturated heterocycles. The third-order valence-electron chi connectivity index (χ3n) is 8.90. The first-order valence-corrected chi connectivity index (χ1v) is 14.0. The quantitative estimate of drug-likeness (QED) is 0.155. The van der Waals surface area contributed by atoms with E-state index in [1.165, 1.54) is 4.58 Å². The lowest BCUT2D eigenvalue weighted by Crippen LogP contribution is -2.79. The summed E-state index contributed by atoms with van der Waals surface area (Å²) in [7, 11) is 0. The zero-order valence-electron chi connectivity index (χ0n) is 23.8. The highest BCUT2D eigenvalue weighted by atomic mass is 16.5. The van der Waals surface area contributed by atoms with Crippen molar-refractivity contribution in [3.8, 4) is 5.75 Å². The number of fused-ring (bicyclic) bond motifs is 1. The number of nitrogens with two attached hydrogens (primary N) is 2. The van der Waals surface area contributed by atoms with Crippen molar-refractivity contribution in [2.24, 2.45) is 16.5 Å². The lowest BCUT2D eigenvalue weighted by molar-refractivity contribution is -0.623. The number of nitrogens with one attached hydrogen (secondary N) is 4. The molecule has 1 unspecified atom stereocenters. The molecule has 0 radical (unpaired) electrons. The number of para-hydroxylation sites is 1. The van der Waals surface area contributed by atoms with Crippen molar-refractivity contribution >= 4 is 23.7 Å². The van der Waals surface area contributed by atoms with Crippen LogP contribution >= 0.6 is 0 Å². The van der Waals surface area contributed by atoms with Gasteiger partial charge in [-0.15, -0.1) is 0 Å². The number of carbonyl (C=O) groups is 2. The number of amides is 2. The van der Waals surface area contributed by atoms with Crippen molar-refractivity contribution in [2.45, 2.75) is 62.2 Å². The van der Waals surface area contributed by atoms with Gasteiger partial charge in [0, 0.05) is 11.1 Å². The molecule has 222 valence electrons. The second kappa shape index (κ2) is 9.60. The standard InChI is InChI=1S/C29H36N8O5/c1-15-6-4-7-16(12-15)23(38)32-13-19-22-28(36-25(30)35-22)29(40,41)20(14-37(28)26(31)33-19)34-24(39)17-8-5-9-18-21(17)42-11-10-27(18,2)3/h4-9,12,19-20,22,40-41H,10-11,13-14H2,1-3H3,(H7,30,31,32,33,34,35,36,38,39)/p+1/t19-,20?,22-,28-/m0/s1. The van der Waals surface area contributed by atoms with Crippen molar-refractivity contribution in [3.63, 3.8) is 0 Å². The van der Waals surface area contributed by atoms with E-state index in [-0.39, 0.29) is 36.3 Å². The summed E-state index contributed by atoms with van der Waals surface area (Å²) in [4.78, 5) is 30.9. The van der Waals surface area contributed by atoms with Gasteiger partial charge in [-0.05, 0) is 37.0 Å². The van der Waals surface area contributed by atoms with E-state index in [0.717, 1.165) is 17.5 Å². The van der Waals surface area contributed by atoms with E-state index in [0.29, 0.717) is 23.5 Å². The maximum atomic E-state index is 13.6. The lowest BCUT2D eigenvalue weighted by Gasteiger charge is -2.43. The highest BCUT2D eigenvalue weighted by Gasteiger charge is 2.75. The summed E-state index contributed by atoms with van der Waals surface area (Å²) < 4.78 is 7.43. The molecule has 13 heteroatoms. The molecule has 2 aromatic rings. The lowest BCUT2D eigenvalue weighted by atomic mass is 9.79. The van der Waals surface area contributed by atoms with Gasteiger partial charge < -0.3 is 36.6 Å². The Kier molecular flexibility index (Phi) is 6.35. The fourth-order valence-electron chi connectivity index (χ4n) is 6.60. The fraction of sp³-hybridized carbons (Fsp3) is 0.448. The van der Waals surface area contributed by atoms with Crippen LogP contribution in [0, 0.1) is 6.92 Å². The summed E-state index contributed by atoms with van der Waals surface area (Å²) in [6.45, 7) is 6.55. The molecule has 1 fully saturated rings. The number of guanidine groups is 2. The average molecular weight is 578 g/mol. The van der Waals surface area contributed by atoms with E-state index < -0.39 is 35.5 Å². The summed E-state index contributed by atoms with van der Waals surface area (Å²) in [6.07, 6.45) is 0.810. The van der Waals surface area contributed by atoms with Gasteiger partial charge in [-0.3, -0.25) is 20.6 Å². The Balaban J connectivity index is 1.27. The SMILES string of the molecule is Cc1cccc(C(=O)NC[C@@H]2NC(N)=[N+]3CC(NC(=O)c4cccc5c4OCCC5(C)C)C(O)(O)[C@@]34NC(N)=N[C@@H]24)c1. The first-order chi connectivity index (χ1) is 19.8. The molecule has 4 aliphatic rings. The third-order valence-corrected chi connectivity index (χ3v) is 8.90. The van der Waals surface area contributed by atoms with Gasteiger partial charge in [0.25, 0.3) is 11.8 Å². The minimum atomic E-state index is -2.58. The smallest absolute Gasteiger partial charge is 0.346 e. The average Bonchev–Trinajstić information content (AvgIpc) is 3.40. The summed E-state index contributed by atoms with van der Waals surface area (Å²) in [5, 5.41) is 35.3. The molecule has 2 amide bonds. The van der Waals surface area contributed by atoms with Crippen molar-refractivity contribution in [1.82, 2.24) is 21.3 Å². The highest BCUT2D eigenvalue weighted by Crippen LogP contribution is 2.43. The van der Waals surface area contributed by atoms with Gasteiger partial charge in [-0.1, -0.05) is 43.7 Å². The van der Waals surface area contributed by atoms with Crippen LogP contribution in [0.2, 0.25) is 0 Å². The molecular weight excluding hydrogens is 540 g/mol. The van der Waals surface area contributed by atoms with Crippen molar-refractivity contribution in [1.29, 1.82) is 0 Å². The molecule has 1 spiro atoms. The molecule has 4 aliphatic heterocycles. The molecule has 0 saturated carbocycles. The Morgan fingerprint density at radius 2 is 1.93 bits per heavy atom. The number of rotatable bonds is 5. The molecule has 0 bridgehead atoms. The van der Waals surface area contributed by atoms with E-state index in [9.17, 15) is 19.8 Å². The number of aliphatic imine (C=N–C) groups is 1. The summed E-state index contributed by atoms with van der Waals surface area (Å²) in [6, 6.07) is 9.80. The summed E-state index contributed by atoms with van der Waals surface area (Å²) >= 11 is 0. The van der Waals surface area contributed by atoms with E-state index in [1.807, 2.05) is 19.1 Å². The zero-order valence-corrected chi connectivity index (χ0v) is 23.8. The largest absolute Gasteiger partial charge is 0.492 e. The Labute approximate surface area is 243 Å². The Hall–Kier alpha value is -4.36. The van der Waals surface area contributed by atoms with Gasteiger partial charge in [-0.2, -0.15) is 0 Å². The van der Waals surface area contributed by atoms with Crippen LogP contribution in [0.15, 0.2) is 47.5 Å². The molecule has 4 heterocycles. The maximum absolute atomic E-state index is 13.6. The minimum absolute atomic E-state index is 0.0243. The number of nitrogens with zero attached hydrogens (tertiary/aromatic N) is 2. The number of hydrogen-bond acceptors (Lipinski definition) is 10. The number of carbonyl (C=O) groups excluding carboxylic acids is 2. The van der Waals surface area contributed by atoms with Crippen LogP contribution in [0.1, 0.15) is 52.1 Å². The second-order valence-electron chi connectivity index (χ2n) is 12.1. The summed E-state index contributed by atoms with van der Waals surface area (Å²) in [5.41, 5.74) is 13.3. The second-order valence-corrected chi connectivity index (χ2v) is 12.1. The van der Waals surface area contributed by atoms with Crippen molar-refractivity contribution in [2.75, 3.05) is 19.7 Å². The normalized spacial score (nSPS) is 28.2. The van der Waals surface area contributed by atoms with Crippen LogP contribution in [-0.4, -0.2) is 87.8 Å². The molecule has 2 aromatic carbocycles. The van der Waals surface area contributed by atoms with Crippen LogP contribution in [-0.2, 0) is 5.41 Å². The topological polar surface area (TPSA) is 199 Å². The van der Waals surface area contributed by atoms with Gasteiger partial charge in [0.2, 0.25) is 11.4 Å².